The molecule has 1 saturated heterocycles. The van der Waals surface area contributed by atoms with E-state index < -0.39 is 74.3 Å². The normalized spacial score (nSPS) is 27.9. The summed E-state index contributed by atoms with van der Waals surface area (Å²) in [6.45, 7) is 5.55. The van der Waals surface area contributed by atoms with Gasteiger partial charge in [0.05, 0.1) is 25.5 Å². The number of pyridine rings is 1. The number of carbonyl (C=O) groups is 4. The van der Waals surface area contributed by atoms with E-state index in [0.717, 1.165) is 5.39 Å². The summed E-state index contributed by atoms with van der Waals surface area (Å²) in [7, 11) is -2.34. The van der Waals surface area contributed by atoms with Gasteiger partial charge in [0.25, 0.3) is 5.91 Å². The van der Waals surface area contributed by atoms with Crippen LogP contribution < -0.4 is 24.8 Å². The molecule has 2 saturated carbocycles. The maximum atomic E-state index is 14.3. The molecule has 1 aromatic carbocycles. The van der Waals surface area contributed by atoms with E-state index in [9.17, 15) is 27.6 Å². The van der Waals surface area contributed by atoms with Crippen LogP contribution in [0.25, 0.3) is 10.8 Å². The van der Waals surface area contributed by atoms with Gasteiger partial charge in [0.15, 0.2) is 0 Å². The Bertz CT molecular complexity index is 1820. The maximum absolute atomic E-state index is 14.3. The molecule has 0 spiro atoms. The summed E-state index contributed by atoms with van der Waals surface area (Å²) in [5.74, 6) is -1.57. The number of carbonyl (C=O) groups excluding carboxylic acids is 4. The van der Waals surface area contributed by atoms with Crippen LogP contribution >= 0.6 is 0 Å². The van der Waals surface area contributed by atoms with Gasteiger partial charge in [0, 0.05) is 30.5 Å². The number of hydrogen-bond donors (Lipinski definition) is 3. The topological polar surface area (TPSA) is 192 Å². The van der Waals surface area contributed by atoms with Crippen LogP contribution in [0.3, 0.4) is 0 Å². The molecule has 3 fully saturated rings. The van der Waals surface area contributed by atoms with E-state index in [0.29, 0.717) is 36.3 Å². The van der Waals surface area contributed by atoms with Crippen molar-refractivity contribution in [2.24, 2.45) is 5.92 Å². The predicted octanol–water partition coefficient (Wildman–Crippen LogP) is 2.33. The third-order valence-corrected chi connectivity index (χ3v) is 11.2. The van der Waals surface area contributed by atoms with Gasteiger partial charge in [-0.25, -0.2) is 18.2 Å². The Labute approximate surface area is 296 Å². The van der Waals surface area contributed by atoms with E-state index >= 15 is 0 Å². The summed E-state index contributed by atoms with van der Waals surface area (Å²) in [5.41, 5.74) is -2.37. The minimum Gasteiger partial charge on any atom is -0.497 e. The number of amides is 4. The molecule has 0 bridgehead atoms. The van der Waals surface area contributed by atoms with Gasteiger partial charge in [-0.3, -0.25) is 19.1 Å². The summed E-state index contributed by atoms with van der Waals surface area (Å²) < 4.78 is 50.6. The highest BCUT2D eigenvalue weighted by Crippen LogP contribution is 2.46. The van der Waals surface area contributed by atoms with Crippen LogP contribution in [0.1, 0.15) is 59.3 Å². The minimum atomic E-state index is -3.91. The molecule has 276 valence electrons. The van der Waals surface area contributed by atoms with Gasteiger partial charge in [-0.15, -0.1) is 0 Å². The molecule has 2 aromatic rings. The molecule has 5 unspecified atom stereocenters. The quantitative estimate of drug-likeness (QED) is 0.355. The Morgan fingerprint density at radius 2 is 1.92 bits per heavy atom. The van der Waals surface area contributed by atoms with Gasteiger partial charge in [-0.2, -0.15) is 0 Å². The zero-order valence-corrected chi connectivity index (χ0v) is 30.0. The number of hydrogen-bond acceptors (Lipinski definition) is 11. The summed E-state index contributed by atoms with van der Waals surface area (Å²) in [4.78, 5) is 60.9. The van der Waals surface area contributed by atoms with Gasteiger partial charge in [-0.05, 0) is 82.5 Å². The number of ether oxygens (including phenoxy) is 4. The smallest absolute Gasteiger partial charge is 0.408 e. The SMILES string of the molecule is COc1ccc2c(OC3CC4C(=O)NC5(C(=O)NS(=O)(=O)C6CC6)CC5/C=C/COCCCC(NC(=O)OC(C)(C)C)C(=O)N4C3)nccc2c1. The zero-order chi connectivity index (χ0) is 36.6. The van der Waals surface area contributed by atoms with Crippen LogP contribution in [0.4, 0.5) is 4.79 Å². The third-order valence-electron chi connectivity index (χ3n) is 9.38. The van der Waals surface area contributed by atoms with E-state index in [-0.39, 0.29) is 39.0 Å². The van der Waals surface area contributed by atoms with Crippen LogP contribution in [0.2, 0.25) is 0 Å². The number of fused-ring (bicyclic) bond motifs is 3. The third kappa shape index (κ3) is 8.38. The Morgan fingerprint density at radius 3 is 2.65 bits per heavy atom. The molecular formula is C35H45N5O10S. The van der Waals surface area contributed by atoms with E-state index in [4.69, 9.17) is 18.9 Å². The molecule has 4 amide bonds. The highest BCUT2D eigenvalue weighted by Gasteiger charge is 2.62. The summed E-state index contributed by atoms with van der Waals surface area (Å²) in [6.07, 6.45) is 5.26. The van der Waals surface area contributed by atoms with Crippen molar-refractivity contribution in [1.29, 1.82) is 0 Å². The van der Waals surface area contributed by atoms with Crippen molar-refractivity contribution in [3.63, 3.8) is 0 Å². The molecule has 4 aliphatic rings. The van der Waals surface area contributed by atoms with Crippen molar-refractivity contribution in [2.45, 2.75) is 93.9 Å². The molecule has 3 heterocycles. The number of methoxy groups -OCH3 is 1. The summed E-state index contributed by atoms with van der Waals surface area (Å²) in [6, 6.07) is 5.03. The Morgan fingerprint density at radius 1 is 1.14 bits per heavy atom. The Balaban J connectivity index is 1.30. The molecule has 1 aromatic heterocycles. The first-order valence-corrected chi connectivity index (χ1v) is 18.8. The minimum absolute atomic E-state index is 0.0344. The van der Waals surface area contributed by atoms with Gasteiger partial charge < -0.3 is 34.5 Å². The number of nitrogens with one attached hydrogen (secondary N) is 3. The maximum Gasteiger partial charge on any atom is 0.408 e. The number of aromatic nitrogens is 1. The fourth-order valence-electron chi connectivity index (χ4n) is 6.52. The summed E-state index contributed by atoms with van der Waals surface area (Å²) >= 11 is 0. The standard InChI is InChI=1S/C35H45N5O10S/c1-34(2,3)50-33(44)37-27-8-6-16-48-15-5-7-22-19-35(22,32(43)39-51(45,46)25-10-11-25)38-29(41)28-18-24(20-40(28)31(27)42)49-30-26-12-9-23(47-4)17-21(26)13-14-36-30/h5,7,9,12-14,17,22,24-25,27-28H,6,8,10-11,15-16,18-20H2,1-4H3,(H,37,44)(H,38,41)(H,39,43)/b7-5+. The Hall–Kier alpha value is -4.44. The van der Waals surface area contributed by atoms with Crippen LogP contribution in [0, 0.1) is 5.92 Å². The second-order valence-electron chi connectivity index (χ2n) is 14.5. The zero-order valence-electron chi connectivity index (χ0n) is 29.2. The molecule has 16 heteroatoms. The van der Waals surface area contributed by atoms with Crippen molar-refractivity contribution < 1.29 is 46.5 Å². The lowest BCUT2D eigenvalue weighted by molar-refractivity contribution is -0.141. The van der Waals surface area contributed by atoms with Crippen molar-refractivity contribution >= 4 is 44.6 Å². The second kappa shape index (κ2) is 14.3. The molecule has 2 aliphatic carbocycles. The number of sulfonamides is 1. The molecule has 3 N–H and O–H groups in total. The van der Waals surface area contributed by atoms with Crippen molar-refractivity contribution in [2.75, 3.05) is 26.9 Å². The van der Waals surface area contributed by atoms with E-state index in [1.54, 1.807) is 52.3 Å². The number of alkyl carbamates (subject to hydrolysis) is 1. The molecule has 15 nitrogen and oxygen atoms in total. The molecule has 5 atom stereocenters. The van der Waals surface area contributed by atoms with Crippen LogP contribution in [0.15, 0.2) is 42.6 Å². The highest BCUT2D eigenvalue weighted by atomic mass is 32.2. The molecular weight excluding hydrogens is 682 g/mol. The average Bonchev–Trinajstić information content (AvgIpc) is 3.99. The first kappa shape index (κ1) is 36.4. The summed E-state index contributed by atoms with van der Waals surface area (Å²) in [5, 5.41) is 6.37. The van der Waals surface area contributed by atoms with E-state index in [1.165, 1.54) is 4.90 Å². The van der Waals surface area contributed by atoms with Crippen LogP contribution in [-0.2, 0) is 33.9 Å². The van der Waals surface area contributed by atoms with Crippen LogP contribution in [0.5, 0.6) is 11.6 Å². The fraction of sp³-hybridized carbons (Fsp3) is 0.571. The number of benzene rings is 1. The van der Waals surface area contributed by atoms with Gasteiger partial charge in [0.1, 0.15) is 35.1 Å². The first-order chi connectivity index (χ1) is 24.2. The first-order valence-electron chi connectivity index (χ1n) is 17.2. The van der Waals surface area contributed by atoms with Crippen molar-refractivity contribution in [1.82, 2.24) is 25.2 Å². The van der Waals surface area contributed by atoms with Gasteiger partial charge in [-0.1, -0.05) is 12.2 Å². The monoisotopic (exact) mass is 727 g/mol. The van der Waals surface area contributed by atoms with E-state index in [1.807, 2.05) is 18.2 Å². The molecule has 6 rings (SSSR count). The number of nitrogens with zero attached hydrogens (tertiary/aromatic N) is 2. The van der Waals surface area contributed by atoms with Crippen LogP contribution in [-0.4, -0.2) is 104 Å². The largest absolute Gasteiger partial charge is 0.497 e. The fourth-order valence-corrected chi connectivity index (χ4v) is 7.88. The molecule has 0 radical (unpaired) electrons. The Kier molecular flexibility index (Phi) is 10.2. The molecule has 51 heavy (non-hydrogen) atoms. The van der Waals surface area contributed by atoms with Gasteiger partial charge >= 0.3 is 6.09 Å². The van der Waals surface area contributed by atoms with E-state index in [2.05, 4.69) is 20.3 Å². The second-order valence-corrected chi connectivity index (χ2v) is 16.4. The lowest BCUT2D eigenvalue weighted by Crippen LogP contribution is -2.58. The van der Waals surface area contributed by atoms with Crippen molar-refractivity contribution in [3.8, 4) is 11.6 Å². The predicted molar refractivity (Wildman–Crippen MR) is 184 cm³/mol. The average molecular weight is 728 g/mol. The molecule has 2 aliphatic heterocycles. The lowest BCUT2D eigenvalue weighted by Gasteiger charge is -2.30. The highest BCUT2D eigenvalue weighted by molar-refractivity contribution is 7.91. The number of rotatable bonds is 7. The lowest BCUT2D eigenvalue weighted by atomic mass is 10.1. The van der Waals surface area contributed by atoms with Gasteiger partial charge in [0.2, 0.25) is 27.7 Å². The van der Waals surface area contributed by atoms with Crippen molar-refractivity contribution in [3.05, 3.63) is 42.6 Å².